The van der Waals surface area contributed by atoms with Crippen LogP contribution in [0.1, 0.15) is 44.9 Å². The predicted octanol–water partition coefficient (Wildman–Crippen LogP) is 2.95. The number of aryl methyl sites for hydroxylation is 1. The van der Waals surface area contributed by atoms with Crippen LogP contribution < -0.4 is 4.74 Å². The highest BCUT2D eigenvalue weighted by Gasteiger charge is 2.03. The molecular weight excluding hydrogens is 214 g/mol. The average Bonchev–Trinajstić information content (AvgIpc) is 2.28. The molecule has 0 fully saturated rings. The lowest BCUT2D eigenvalue weighted by atomic mass is 10.1. The molecule has 0 aliphatic carbocycles. The molecule has 0 saturated heterocycles. The zero-order valence-electron chi connectivity index (χ0n) is 11.1. The van der Waals surface area contributed by atoms with Gasteiger partial charge in [-0.05, 0) is 30.4 Å². The first kappa shape index (κ1) is 14.0. The molecule has 1 heterocycles. The van der Waals surface area contributed by atoms with Gasteiger partial charge in [-0.1, -0.05) is 27.2 Å². The van der Waals surface area contributed by atoms with E-state index in [1.54, 1.807) is 0 Å². The van der Waals surface area contributed by atoms with Crippen LogP contribution in [-0.4, -0.2) is 16.7 Å². The van der Waals surface area contributed by atoms with Crippen LogP contribution in [0, 0.1) is 5.92 Å². The molecule has 0 saturated carbocycles. The summed E-state index contributed by atoms with van der Waals surface area (Å²) >= 11 is 0. The van der Waals surface area contributed by atoms with Crippen molar-refractivity contribution in [3.05, 3.63) is 23.4 Å². The molecule has 1 aromatic rings. The Labute approximate surface area is 104 Å². The van der Waals surface area contributed by atoms with Gasteiger partial charge in [0.2, 0.25) is 5.88 Å². The molecular formula is C14H23NO2. The Morgan fingerprint density at radius 3 is 2.71 bits per heavy atom. The largest absolute Gasteiger partial charge is 0.478 e. The summed E-state index contributed by atoms with van der Waals surface area (Å²) < 4.78 is 5.62. The molecule has 0 atom stereocenters. The fourth-order valence-corrected chi connectivity index (χ4v) is 1.57. The van der Waals surface area contributed by atoms with Gasteiger partial charge in [0.05, 0.1) is 13.2 Å². The zero-order chi connectivity index (χ0) is 12.7. The van der Waals surface area contributed by atoms with Crippen molar-refractivity contribution in [2.24, 2.45) is 5.92 Å². The van der Waals surface area contributed by atoms with Gasteiger partial charge in [-0.15, -0.1) is 0 Å². The molecule has 17 heavy (non-hydrogen) atoms. The van der Waals surface area contributed by atoms with Crippen molar-refractivity contribution < 1.29 is 9.84 Å². The third-order valence-corrected chi connectivity index (χ3v) is 2.55. The number of ether oxygens (including phenoxy) is 1. The maximum Gasteiger partial charge on any atom is 0.213 e. The maximum absolute atomic E-state index is 9.19. The number of aliphatic hydroxyl groups excluding tert-OH is 1. The van der Waals surface area contributed by atoms with Crippen molar-refractivity contribution in [1.82, 2.24) is 4.98 Å². The number of nitrogens with zero attached hydrogens (tertiary/aromatic N) is 1. The van der Waals surface area contributed by atoms with Gasteiger partial charge in [-0.3, -0.25) is 0 Å². The van der Waals surface area contributed by atoms with E-state index in [0.717, 1.165) is 30.5 Å². The van der Waals surface area contributed by atoms with Crippen molar-refractivity contribution in [3.63, 3.8) is 0 Å². The molecule has 1 N–H and O–H groups in total. The summed E-state index contributed by atoms with van der Waals surface area (Å²) in [7, 11) is 0. The molecule has 0 aliphatic heterocycles. The van der Waals surface area contributed by atoms with Crippen LogP contribution in [0.3, 0.4) is 0 Å². The minimum absolute atomic E-state index is 0.0414. The second-order valence-corrected chi connectivity index (χ2v) is 4.74. The normalized spacial score (nSPS) is 10.9. The lowest BCUT2D eigenvalue weighted by molar-refractivity contribution is 0.269. The first-order valence-corrected chi connectivity index (χ1v) is 6.39. The summed E-state index contributed by atoms with van der Waals surface area (Å²) in [6, 6.07) is 3.76. The van der Waals surface area contributed by atoms with E-state index in [9.17, 15) is 5.11 Å². The fourth-order valence-electron chi connectivity index (χ4n) is 1.57. The van der Waals surface area contributed by atoms with Gasteiger partial charge in [0.25, 0.3) is 0 Å². The first-order valence-electron chi connectivity index (χ1n) is 6.39. The van der Waals surface area contributed by atoms with Crippen molar-refractivity contribution in [2.75, 3.05) is 6.61 Å². The smallest absolute Gasteiger partial charge is 0.213 e. The van der Waals surface area contributed by atoms with Gasteiger partial charge in [-0.25, -0.2) is 4.98 Å². The monoisotopic (exact) mass is 237 g/mol. The van der Waals surface area contributed by atoms with Crippen LogP contribution in [0.4, 0.5) is 0 Å². The average molecular weight is 237 g/mol. The summed E-state index contributed by atoms with van der Waals surface area (Å²) in [5.74, 6) is 1.27. The number of aliphatic hydroxyl groups is 1. The van der Waals surface area contributed by atoms with E-state index in [2.05, 4.69) is 25.8 Å². The summed E-state index contributed by atoms with van der Waals surface area (Å²) in [5.41, 5.74) is 1.88. The topological polar surface area (TPSA) is 42.4 Å². The van der Waals surface area contributed by atoms with E-state index in [0.29, 0.717) is 18.4 Å². The minimum Gasteiger partial charge on any atom is -0.478 e. The molecule has 0 aromatic carbocycles. The summed E-state index contributed by atoms with van der Waals surface area (Å²) in [5, 5.41) is 9.19. The molecule has 1 aromatic heterocycles. The predicted molar refractivity (Wildman–Crippen MR) is 69.1 cm³/mol. The minimum atomic E-state index is 0.0414. The molecule has 0 radical (unpaired) electrons. The number of aromatic nitrogens is 1. The molecule has 96 valence electrons. The van der Waals surface area contributed by atoms with Crippen LogP contribution in [0.2, 0.25) is 0 Å². The van der Waals surface area contributed by atoms with Crippen LogP contribution in [0.15, 0.2) is 12.1 Å². The van der Waals surface area contributed by atoms with E-state index in [-0.39, 0.29) is 6.61 Å². The molecule has 0 bridgehead atoms. The van der Waals surface area contributed by atoms with E-state index in [4.69, 9.17) is 4.74 Å². The van der Waals surface area contributed by atoms with Crippen molar-refractivity contribution in [2.45, 2.75) is 46.6 Å². The van der Waals surface area contributed by atoms with Crippen LogP contribution in [-0.2, 0) is 13.0 Å². The third kappa shape index (κ3) is 5.18. The van der Waals surface area contributed by atoms with Gasteiger partial charge >= 0.3 is 0 Å². The number of rotatable bonds is 7. The summed E-state index contributed by atoms with van der Waals surface area (Å²) in [6.45, 7) is 7.18. The first-order chi connectivity index (χ1) is 8.15. The molecule has 1 rings (SSSR count). The molecule has 0 spiro atoms. The Bertz CT molecular complexity index is 337. The Hall–Kier alpha value is -1.09. The lowest BCUT2D eigenvalue weighted by Crippen LogP contribution is -2.04. The summed E-state index contributed by atoms with van der Waals surface area (Å²) in [4.78, 5) is 4.43. The summed E-state index contributed by atoms with van der Waals surface area (Å²) in [6.07, 6.45) is 3.00. The highest BCUT2D eigenvalue weighted by atomic mass is 16.5. The standard InChI is InChI=1S/C14H23NO2/c1-4-5-13-8-12(10-16)9-14(15-13)17-7-6-11(2)3/h8-9,11,16H,4-7,10H2,1-3H3. The highest BCUT2D eigenvalue weighted by Crippen LogP contribution is 2.15. The SMILES string of the molecule is CCCc1cc(CO)cc(OCCC(C)C)n1. The van der Waals surface area contributed by atoms with Gasteiger partial charge in [0.1, 0.15) is 0 Å². The Morgan fingerprint density at radius 2 is 2.12 bits per heavy atom. The quantitative estimate of drug-likeness (QED) is 0.792. The zero-order valence-corrected chi connectivity index (χ0v) is 11.1. The van der Waals surface area contributed by atoms with Gasteiger partial charge < -0.3 is 9.84 Å². The molecule has 3 heteroatoms. The Kier molecular flexibility index (Phi) is 5.98. The number of hydrogen-bond donors (Lipinski definition) is 1. The van der Waals surface area contributed by atoms with Crippen molar-refractivity contribution >= 4 is 0 Å². The van der Waals surface area contributed by atoms with Crippen LogP contribution in [0.25, 0.3) is 0 Å². The van der Waals surface area contributed by atoms with Gasteiger partial charge in [-0.2, -0.15) is 0 Å². The molecule has 0 aliphatic rings. The highest BCUT2D eigenvalue weighted by molar-refractivity contribution is 5.24. The molecule has 0 unspecified atom stereocenters. The second-order valence-electron chi connectivity index (χ2n) is 4.74. The van der Waals surface area contributed by atoms with Gasteiger partial charge in [0, 0.05) is 11.8 Å². The van der Waals surface area contributed by atoms with E-state index >= 15 is 0 Å². The van der Waals surface area contributed by atoms with E-state index < -0.39 is 0 Å². The van der Waals surface area contributed by atoms with Crippen molar-refractivity contribution in [3.8, 4) is 5.88 Å². The second kappa shape index (κ2) is 7.28. The number of pyridine rings is 1. The molecule has 3 nitrogen and oxygen atoms in total. The molecule has 0 amide bonds. The Morgan fingerprint density at radius 1 is 1.35 bits per heavy atom. The van der Waals surface area contributed by atoms with Crippen LogP contribution >= 0.6 is 0 Å². The van der Waals surface area contributed by atoms with Crippen LogP contribution in [0.5, 0.6) is 5.88 Å². The number of hydrogen-bond acceptors (Lipinski definition) is 3. The lowest BCUT2D eigenvalue weighted by Gasteiger charge is -2.10. The van der Waals surface area contributed by atoms with Gasteiger partial charge in [0.15, 0.2) is 0 Å². The van der Waals surface area contributed by atoms with E-state index in [1.165, 1.54) is 0 Å². The third-order valence-electron chi connectivity index (χ3n) is 2.55. The fraction of sp³-hybridized carbons (Fsp3) is 0.643. The Balaban J connectivity index is 2.66. The van der Waals surface area contributed by atoms with E-state index in [1.807, 2.05) is 12.1 Å². The maximum atomic E-state index is 9.19. The van der Waals surface area contributed by atoms with Crippen molar-refractivity contribution in [1.29, 1.82) is 0 Å².